The Kier molecular flexibility index (Phi) is 8.82. The van der Waals surface area contributed by atoms with Crippen LogP contribution < -0.4 is 19.5 Å². The molecule has 2 aromatic rings. The van der Waals surface area contributed by atoms with Gasteiger partial charge in [-0.1, -0.05) is 26.0 Å². The highest BCUT2D eigenvalue weighted by Gasteiger charge is 2.43. The van der Waals surface area contributed by atoms with E-state index in [0.717, 1.165) is 31.6 Å². The maximum absolute atomic E-state index is 13.9. The average Bonchev–Trinajstić information content (AvgIpc) is 2.91. The first-order valence-corrected chi connectivity index (χ1v) is 13.4. The second kappa shape index (κ2) is 12.1. The normalized spacial score (nSPS) is 23.5. The van der Waals surface area contributed by atoms with Crippen molar-refractivity contribution in [2.24, 2.45) is 11.8 Å². The Morgan fingerprint density at radius 3 is 2.21 bits per heavy atom. The number of likely N-dealkylation sites (tertiary alicyclic amines) is 1. The van der Waals surface area contributed by atoms with E-state index in [9.17, 15) is 9.59 Å². The summed E-state index contributed by atoms with van der Waals surface area (Å²) in [4.78, 5) is 31.5. The number of hydrogen-bond donors (Lipinski definition) is 1. The second-order valence-electron chi connectivity index (χ2n) is 10.8. The Labute approximate surface area is 226 Å². The number of nitrogens with zero attached hydrogens (tertiary/aromatic N) is 2. The first-order chi connectivity index (χ1) is 18.3. The van der Waals surface area contributed by atoms with Gasteiger partial charge in [-0.3, -0.25) is 9.59 Å². The second-order valence-corrected chi connectivity index (χ2v) is 10.8. The monoisotopic (exact) mass is 523 g/mol. The number of benzene rings is 2. The summed E-state index contributed by atoms with van der Waals surface area (Å²) in [6.45, 7) is 8.38. The van der Waals surface area contributed by atoms with Crippen molar-refractivity contribution in [3.8, 4) is 17.2 Å². The highest BCUT2D eigenvalue weighted by Crippen LogP contribution is 2.45. The maximum atomic E-state index is 13.9. The molecule has 0 radical (unpaired) electrons. The minimum atomic E-state index is -0.615. The van der Waals surface area contributed by atoms with E-state index in [1.165, 1.54) is 13.5 Å². The molecule has 1 fully saturated rings. The van der Waals surface area contributed by atoms with Crippen molar-refractivity contribution < 1.29 is 23.8 Å². The van der Waals surface area contributed by atoms with Crippen molar-refractivity contribution in [1.82, 2.24) is 15.1 Å². The summed E-state index contributed by atoms with van der Waals surface area (Å²) in [6.07, 6.45) is 2.15. The lowest BCUT2D eigenvalue weighted by Crippen LogP contribution is -2.46. The number of rotatable bonds is 9. The number of carbonyl (C=O) groups is 2. The lowest BCUT2D eigenvalue weighted by atomic mass is 9.79. The molecule has 0 saturated carbocycles. The number of nitrogens with one attached hydrogen (secondary N) is 1. The van der Waals surface area contributed by atoms with E-state index >= 15 is 0 Å². The van der Waals surface area contributed by atoms with Gasteiger partial charge in [-0.15, -0.1) is 0 Å². The van der Waals surface area contributed by atoms with Gasteiger partial charge in [0.25, 0.3) is 5.91 Å². The summed E-state index contributed by atoms with van der Waals surface area (Å²) >= 11 is 0. The molecule has 2 aliphatic rings. The van der Waals surface area contributed by atoms with Gasteiger partial charge in [0, 0.05) is 32.2 Å². The van der Waals surface area contributed by atoms with E-state index in [2.05, 4.69) is 24.1 Å². The van der Waals surface area contributed by atoms with E-state index in [1.54, 1.807) is 38.3 Å². The molecule has 8 nitrogen and oxygen atoms in total. The standard InChI is InChI=1S/C30H41N3O5/c1-19-14-20(2)18-33(17-19)13-7-12-31-29(34)27-23-15-25(37-5)26(38-6)16-24(23)30(35)32(3)28(27)21-8-10-22(36-4)11-9-21/h8-11,15-16,19-20,27-28H,7,12-14,17-18H2,1-6H3,(H,31,34)/t19-,20+,27-,28+/m1/s1. The van der Waals surface area contributed by atoms with Gasteiger partial charge in [0.2, 0.25) is 5.91 Å². The third kappa shape index (κ3) is 5.75. The number of methoxy groups -OCH3 is 3. The predicted molar refractivity (Wildman–Crippen MR) is 147 cm³/mol. The molecule has 0 aromatic heterocycles. The molecule has 0 aliphatic carbocycles. The minimum Gasteiger partial charge on any atom is -0.497 e. The minimum absolute atomic E-state index is 0.112. The van der Waals surface area contributed by atoms with Crippen molar-refractivity contribution in [1.29, 1.82) is 0 Å². The Balaban J connectivity index is 1.60. The summed E-state index contributed by atoms with van der Waals surface area (Å²) in [6, 6.07) is 10.5. The Morgan fingerprint density at radius 2 is 1.61 bits per heavy atom. The van der Waals surface area contributed by atoms with Gasteiger partial charge >= 0.3 is 0 Å². The number of amides is 2. The predicted octanol–water partition coefficient (Wildman–Crippen LogP) is 4.11. The SMILES string of the molecule is COc1ccc([C@H]2[C@H](C(=O)NCCCN3C[C@H](C)C[C@H](C)C3)c3cc(OC)c(OC)cc3C(=O)N2C)cc1. The summed E-state index contributed by atoms with van der Waals surface area (Å²) in [5, 5.41) is 3.18. The molecule has 4 rings (SSSR count). The highest BCUT2D eigenvalue weighted by molar-refractivity contribution is 6.02. The van der Waals surface area contributed by atoms with Gasteiger partial charge < -0.3 is 29.3 Å². The van der Waals surface area contributed by atoms with Crippen LogP contribution in [0.25, 0.3) is 0 Å². The van der Waals surface area contributed by atoms with Crippen molar-refractivity contribution >= 4 is 11.8 Å². The zero-order valence-corrected chi connectivity index (χ0v) is 23.5. The van der Waals surface area contributed by atoms with E-state index in [1.807, 2.05) is 24.3 Å². The van der Waals surface area contributed by atoms with Crippen LogP contribution in [0, 0.1) is 11.8 Å². The van der Waals surface area contributed by atoms with Crippen LogP contribution >= 0.6 is 0 Å². The molecule has 2 amide bonds. The molecular weight excluding hydrogens is 482 g/mol. The summed E-state index contributed by atoms with van der Waals surface area (Å²) in [5.74, 6) is 2.18. The fourth-order valence-corrected chi connectivity index (χ4v) is 6.15. The molecule has 8 heteroatoms. The first kappa shape index (κ1) is 27.8. The van der Waals surface area contributed by atoms with Gasteiger partial charge in [0.15, 0.2) is 11.5 Å². The zero-order valence-electron chi connectivity index (χ0n) is 23.5. The van der Waals surface area contributed by atoms with Crippen LogP contribution in [0.3, 0.4) is 0 Å². The molecule has 0 unspecified atom stereocenters. The third-order valence-corrected chi connectivity index (χ3v) is 7.81. The summed E-state index contributed by atoms with van der Waals surface area (Å²) in [7, 11) is 6.45. The smallest absolute Gasteiger partial charge is 0.254 e. The summed E-state index contributed by atoms with van der Waals surface area (Å²) in [5.41, 5.74) is 1.95. The molecular formula is C30H41N3O5. The Morgan fingerprint density at radius 1 is 0.974 bits per heavy atom. The van der Waals surface area contributed by atoms with Gasteiger partial charge in [-0.2, -0.15) is 0 Å². The number of ether oxygens (including phenoxy) is 3. The van der Waals surface area contributed by atoms with Crippen LogP contribution in [0.1, 0.15) is 60.1 Å². The van der Waals surface area contributed by atoms with Crippen molar-refractivity contribution in [3.05, 3.63) is 53.1 Å². The number of fused-ring (bicyclic) bond motifs is 1. The van der Waals surface area contributed by atoms with Crippen LogP contribution in [0.4, 0.5) is 0 Å². The van der Waals surface area contributed by atoms with Crippen LogP contribution in [0.5, 0.6) is 17.2 Å². The molecule has 38 heavy (non-hydrogen) atoms. The molecule has 1 N–H and O–H groups in total. The topological polar surface area (TPSA) is 80.3 Å². The Hall–Kier alpha value is -3.26. The highest BCUT2D eigenvalue weighted by atomic mass is 16.5. The first-order valence-electron chi connectivity index (χ1n) is 13.4. The van der Waals surface area contributed by atoms with Crippen LogP contribution in [-0.4, -0.2) is 76.2 Å². The lowest BCUT2D eigenvalue weighted by molar-refractivity contribution is -0.124. The van der Waals surface area contributed by atoms with Crippen molar-refractivity contribution in [2.75, 3.05) is 54.6 Å². The van der Waals surface area contributed by atoms with Gasteiger partial charge in [-0.25, -0.2) is 0 Å². The molecule has 0 spiro atoms. The van der Waals surface area contributed by atoms with Gasteiger partial charge in [0.1, 0.15) is 5.75 Å². The van der Waals surface area contributed by atoms with Crippen LogP contribution in [0.15, 0.2) is 36.4 Å². The molecule has 2 aliphatic heterocycles. The molecule has 2 heterocycles. The van der Waals surface area contributed by atoms with Gasteiger partial charge in [-0.05, 0) is 66.6 Å². The zero-order chi connectivity index (χ0) is 27.4. The third-order valence-electron chi connectivity index (χ3n) is 7.81. The van der Waals surface area contributed by atoms with Gasteiger partial charge in [0.05, 0.1) is 33.3 Å². The van der Waals surface area contributed by atoms with E-state index in [0.29, 0.717) is 46.8 Å². The van der Waals surface area contributed by atoms with E-state index < -0.39 is 12.0 Å². The number of likely N-dealkylation sites (N-methyl/N-ethyl adjacent to an activating group) is 1. The molecule has 4 atom stereocenters. The van der Waals surface area contributed by atoms with Crippen molar-refractivity contribution in [3.63, 3.8) is 0 Å². The molecule has 206 valence electrons. The van der Waals surface area contributed by atoms with Crippen LogP contribution in [-0.2, 0) is 4.79 Å². The number of carbonyl (C=O) groups excluding carboxylic acids is 2. The molecule has 2 aromatic carbocycles. The van der Waals surface area contributed by atoms with E-state index in [4.69, 9.17) is 14.2 Å². The summed E-state index contributed by atoms with van der Waals surface area (Å²) < 4.78 is 16.3. The largest absolute Gasteiger partial charge is 0.497 e. The molecule has 0 bridgehead atoms. The fraction of sp³-hybridized carbons (Fsp3) is 0.533. The van der Waals surface area contributed by atoms with Crippen molar-refractivity contribution in [2.45, 2.75) is 38.6 Å². The number of piperidine rings is 1. The number of hydrogen-bond acceptors (Lipinski definition) is 6. The quantitative estimate of drug-likeness (QED) is 0.499. The maximum Gasteiger partial charge on any atom is 0.254 e. The van der Waals surface area contributed by atoms with E-state index in [-0.39, 0.29) is 11.8 Å². The fourth-order valence-electron chi connectivity index (χ4n) is 6.15. The molecule has 1 saturated heterocycles. The average molecular weight is 524 g/mol. The Bertz CT molecular complexity index is 1130. The lowest BCUT2D eigenvalue weighted by Gasteiger charge is -2.40. The van der Waals surface area contributed by atoms with Crippen LogP contribution in [0.2, 0.25) is 0 Å².